The maximum absolute atomic E-state index is 10.9. The largest absolute Gasteiger partial charge is 0.496 e. The van der Waals surface area contributed by atoms with Gasteiger partial charge in [0.15, 0.2) is 0 Å². The Morgan fingerprint density at radius 3 is 2.67 bits per heavy atom. The van der Waals surface area contributed by atoms with E-state index in [1.165, 1.54) is 12.1 Å². The molecular formula is C15H17N3O3. The molecule has 2 rings (SSSR count). The molecule has 0 bridgehead atoms. The van der Waals surface area contributed by atoms with E-state index in [9.17, 15) is 10.1 Å². The quantitative estimate of drug-likeness (QED) is 0.519. The lowest BCUT2D eigenvalue weighted by molar-refractivity contribution is -0.384. The molecule has 0 aliphatic carbocycles. The number of rotatable bonds is 5. The minimum atomic E-state index is -0.448. The summed E-state index contributed by atoms with van der Waals surface area (Å²) in [5.41, 5.74) is 7.76. The molecule has 0 aliphatic heterocycles. The smallest absolute Gasteiger partial charge is 0.273 e. The summed E-state index contributed by atoms with van der Waals surface area (Å²) in [6, 6.07) is 12.2. The van der Waals surface area contributed by atoms with Gasteiger partial charge in [-0.2, -0.15) is 0 Å². The van der Waals surface area contributed by atoms with Crippen LogP contribution in [0.25, 0.3) is 0 Å². The number of nitro benzene ring substituents is 1. The number of anilines is 2. The topological polar surface area (TPSA) is 81.6 Å². The van der Waals surface area contributed by atoms with Gasteiger partial charge in [0, 0.05) is 42.7 Å². The van der Waals surface area contributed by atoms with Crippen molar-refractivity contribution in [3.05, 3.63) is 58.1 Å². The van der Waals surface area contributed by atoms with Gasteiger partial charge >= 0.3 is 0 Å². The van der Waals surface area contributed by atoms with E-state index in [0.717, 1.165) is 11.3 Å². The van der Waals surface area contributed by atoms with Crippen LogP contribution < -0.4 is 15.4 Å². The van der Waals surface area contributed by atoms with Crippen molar-refractivity contribution in [1.82, 2.24) is 0 Å². The molecule has 6 heteroatoms. The minimum Gasteiger partial charge on any atom is -0.496 e. The van der Waals surface area contributed by atoms with Crippen molar-refractivity contribution in [1.29, 1.82) is 0 Å². The van der Waals surface area contributed by atoms with E-state index in [1.807, 2.05) is 36.2 Å². The predicted octanol–water partition coefficient (Wildman–Crippen LogP) is 2.82. The Labute approximate surface area is 122 Å². The summed E-state index contributed by atoms with van der Waals surface area (Å²) in [7, 11) is 3.47. The normalized spacial score (nSPS) is 10.2. The van der Waals surface area contributed by atoms with Gasteiger partial charge in [-0.1, -0.05) is 18.2 Å². The van der Waals surface area contributed by atoms with E-state index < -0.39 is 4.92 Å². The molecule has 0 unspecified atom stereocenters. The van der Waals surface area contributed by atoms with Gasteiger partial charge in [0.25, 0.3) is 5.69 Å². The maximum Gasteiger partial charge on any atom is 0.273 e. The zero-order valence-corrected chi connectivity index (χ0v) is 11.9. The van der Waals surface area contributed by atoms with E-state index in [1.54, 1.807) is 13.2 Å². The van der Waals surface area contributed by atoms with Crippen LogP contribution in [0, 0.1) is 10.1 Å². The number of nitrogens with zero attached hydrogens (tertiary/aromatic N) is 2. The molecule has 0 atom stereocenters. The number of hydrogen-bond donors (Lipinski definition) is 1. The molecule has 21 heavy (non-hydrogen) atoms. The summed E-state index contributed by atoms with van der Waals surface area (Å²) in [5, 5.41) is 10.9. The van der Waals surface area contributed by atoms with Crippen LogP contribution in [-0.2, 0) is 6.54 Å². The van der Waals surface area contributed by atoms with E-state index in [-0.39, 0.29) is 5.69 Å². The highest BCUT2D eigenvalue weighted by molar-refractivity contribution is 5.62. The summed E-state index contributed by atoms with van der Waals surface area (Å²) in [5.74, 6) is 0.780. The molecule has 0 saturated carbocycles. The molecule has 2 aromatic carbocycles. The highest BCUT2D eigenvalue weighted by Gasteiger charge is 2.12. The molecule has 0 amide bonds. The van der Waals surface area contributed by atoms with Gasteiger partial charge in [0.2, 0.25) is 0 Å². The van der Waals surface area contributed by atoms with Gasteiger partial charge in [-0.25, -0.2) is 0 Å². The summed E-state index contributed by atoms with van der Waals surface area (Å²) in [6.45, 7) is 0.560. The third-order valence-electron chi connectivity index (χ3n) is 3.18. The SMILES string of the molecule is COc1ccccc1CN(C)c1cc(N)cc([N+](=O)[O-])c1. The molecule has 0 aliphatic rings. The molecule has 0 saturated heterocycles. The van der Waals surface area contributed by atoms with E-state index in [0.29, 0.717) is 17.9 Å². The first-order chi connectivity index (χ1) is 10.0. The average Bonchev–Trinajstić information content (AvgIpc) is 2.47. The number of hydrogen-bond acceptors (Lipinski definition) is 5. The zero-order valence-electron chi connectivity index (χ0n) is 11.9. The summed E-state index contributed by atoms with van der Waals surface area (Å²) < 4.78 is 5.31. The summed E-state index contributed by atoms with van der Waals surface area (Å²) in [4.78, 5) is 12.3. The van der Waals surface area contributed by atoms with Crippen LogP contribution >= 0.6 is 0 Å². The lowest BCUT2D eigenvalue weighted by Crippen LogP contribution is -2.17. The van der Waals surface area contributed by atoms with Gasteiger partial charge in [-0.3, -0.25) is 10.1 Å². The number of nitrogen functional groups attached to an aromatic ring is 1. The third-order valence-corrected chi connectivity index (χ3v) is 3.18. The van der Waals surface area contributed by atoms with Gasteiger partial charge in [-0.15, -0.1) is 0 Å². The first-order valence-electron chi connectivity index (χ1n) is 6.39. The van der Waals surface area contributed by atoms with Crippen molar-refractivity contribution in [2.24, 2.45) is 0 Å². The first kappa shape index (κ1) is 14.6. The fourth-order valence-electron chi connectivity index (χ4n) is 2.12. The Bertz CT molecular complexity index is 658. The van der Waals surface area contributed by atoms with Crippen molar-refractivity contribution in [3.8, 4) is 5.75 Å². The maximum atomic E-state index is 10.9. The standard InChI is InChI=1S/C15H17N3O3/c1-17(10-11-5-3-4-6-15(11)21-2)13-7-12(16)8-14(9-13)18(19)20/h3-9H,10,16H2,1-2H3. The molecule has 0 aromatic heterocycles. The second-order valence-corrected chi connectivity index (χ2v) is 4.71. The minimum absolute atomic E-state index is 0.0168. The molecular weight excluding hydrogens is 270 g/mol. The number of methoxy groups -OCH3 is 1. The Morgan fingerprint density at radius 1 is 1.29 bits per heavy atom. The lowest BCUT2D eigenvalue weighted by atomic mass is 10.1. The van der Waals surface area contributed by atoms with Crippen LogP contribution in [0.2, 0.25) is 0 Å². The molecule has 0 spiro atoms. The van der Waals surface area contributed by atoms with E-state index in [2.05, 4.69) is 0 Å². The van der Waals surface area contributed by atoms with Crippen molar-refractivity contribution in [2.45, 2.75) is 6.54 Å². The van der Waals surface area contributed by atoms with Crippen LogP contribution in [0.4, 0.5) is 17.1 Å². The molecule has 110 valence electrons. The van der Waals surface area contributed by atoms with Crippen LogP contribution in [0.3, 0.4) is 0 Å². The Kier molecular flexibility index (Phi) is 4.27. The second kappa shape index (κ2) is 6.13. The van der Waals surface area contributed by atoms with Gasteiger partial charge < -0.3 is 15.4 Å². The third kappa shape index (κ3) is 3.42. The second-order valence-electron chi connectivity index (χ2n) is 4.71. The van der Waals surface area contributed by atoms with Crippen LogP contribution in [0.5, 0.6) is 5.75 Å². The Morgan fingerprint density at radius 2 is 2.00 bits per heavy atom. The number of para-hydroxylation sites is 1. The number of non-ortho nitro benzene ring substituents is 1. The number of benzene rings is 2. The van der Waals surface area contributed by atoms with Gasteiger partial charge in [-0.05, 0) is 12.1 Å². The van der Waals surface area contributed by atoms with E-state index >= 15 is 0 Å². The summed E-state index contributed by atoms with van der Waals surface area (Å²) in [6.07, 6.45) is 0. The first-order valence-corrected chi connectivity index (χ1v) is 6.39. The lowest BCUT2D eigenvalue weighted by Gasteiger charge is -2.21. The van der Waals surface area contributed by atoms with Gasteiger partial charge in [0.1, 0.15) is 5.75 Å². The van der Waals surface area contributed by atoms with Crippen LogP contribution in [0.1, 0.15) is 5.56 Å². The summed E-state index contributed by atoms with van der Waals surface area (Å²) >= 11 is 0. The van der Waals surface area contributed by atoms with Crippen molar-refractivity contribution >= 4 is 17.1 Å². The highest BCUT2D eigenvalue weighted by atomic mass is 16.6. The van der Waals surface area contributed by atoms with Crippen LogP contribution in [0.15, 0.2) is 42.5 Å². The fourth-order valence-corrected chi connectivity index (χ4v) is 2.12. The predicted molar refractivity (Wildman–Crippen MR) is 82.6 cm³/mol. The molecule has 6 nitrogen and oxygen atoms in total. The molecule has 2 N–H and O–H groups in total. The molecule has 2 aromatic rings. The molecule has 0 heterocycles. The monoisotopic (exact) mass is 287 g/mol. The average molecular weight is 287 g/mol. The number of nitro groups is 1. The Balaban J connectivity index is 2.28. The van der Waals surface area contributed by atoms with Crippen molar-refractivity contribution < 1.29 is 9.66 Å². The molecule has 0 fully saturated rings. The van der Waals surface area contributed by atoms with Gasteiger partial charge in [0.05, 0.1) is 12.0 Å². The molecule has 0 radical (unpaired) electrons. The van der Waals surface area contributed by atoms with Crippen molar-refractivity contribution in [2.75, 3.05) is 24.8 Å². The fraction of sp³-hybridized carbons (Fsp3) is 0.200. The van der Waals surface area contributed by atoms with Crippen molar-refractivity contribution in [3.63, 3.8) is 0 Å². The number of ether oxygens (including phenoxy) is 1. The van der Waals surface area contributed by atoms with Crippen LogP contribution in [-0.4, -0.2) is 19.1 Å². The zero-order chi connectivity index (χ0) is 15.4. The Hall–Kier alpha value is -2.76. The highest BCUT2D eigenvalue weighted by Crippen LogP contribution is 2.27. The van der Waals surface area contributed by atoms with E-state index in [4.69, 9.17) is 10.5 Å². The number of nitrogens with two attached hydrogens (primary N) is 1.